The molecule has 0 aliphatic carbocycles. The average Bonchev–Trinajstić information content (AvgIpc) is 3.16. The molecule has 8 heteroatoms. The highest BCUT2D eigenvalue weighted by molar-refractivity contribution is 6.08. The number of nitrogens with one attached hydrogen (secondary N) is 2. The Morgan fingerprint density at radius 3 is 2.87 bits per heavy atom. The van der Waals surface area contributed by atoms with E-state index in [2.05, 4.69) is 22.5 Å². The molecule has 1 saturated heterocycles. The zero-order chi connectivity index (χ0) is 21.1. The van der Waals surface area contributed by atoms with Gasteiger partial charge in [0.2, 0.25) is 5.91 Å². The first kappa shape index (κ1) is 19.1. The molecule has 1 atom stereocenters. The number of hydrogen-bond donors (Lipinski definition) is 2. The molecule has 5 rings (SSSR count). The molecular weight excluding hydrogens is 385 g/mol. The molecule has 2 aliphatic heterocycles. The third kappa shape index (κ3) is 2.90. The minimum absolute atomic E-state index is 0.0942. The summed E-state index contributed by atoms with van der Waals surface area (Å²) in [5.41, 5.74) is 2.03. The lowest BCUT2D eigenvalue weighted by atomic mass is 9.83. The van der Waals surface area contributed by atoms with Crippen LogP contribution in [0.3, 0.4) is 0 Å². The van der Waals surface area contributed by atoms with Gasteiger partial charge in [-0.1, -0.05) is 0 Å². The Hall–Kier alpha value is -2.84. The van der Waals surface area contributed by atoms with Crippen LogP contribution in [-0.4, -0.2) is 46.0 Å². The Morgan fingerprint density at radius 2 is 2.10 bits per heavy atom. The van der Waals surface area contributed by atoms with Crippen LogP contribution in [-0.2, 0) is 21.5 Å². The number of halogens is 1. The molecule has 1 aromatic carbocycles. The van der Waals surface area contributed by atoms with E-state index in [1.54, 1.807) is 12.3 Å². The quantitative estimate of drug-likeness (QED) is 0.695. The number of carbonyl (C=O) groups excluding carboxylic acids is 1. The molecule has 7 nitrogen and oxygen atoms in total. The summed E-state index contributed by atoms with van der Waals surface area (Å²) in [7, 11) is 0. The number of fused-ring (bicyclic) bond motifs is 2. The highest BCUT2D eigenvalue weighted by Crippen LogP contribution is 2.43. The van der Waals surface area contributed by atoms with Crippen LogP contribution < -0.4 is 10.6 Å². The second kappa shape index (κ2) is 6.58. The van der Waals surface area contributed by atoms with Crippen molar-refractivity contribution < 1.29 is 13.9 Å². The van der Waals surface area contributed by atoms with Crippen molar-refractivity contribution in [1.29, 1.82) is 0 Å². The molecule has 30 heavy (non-hydrogen) atoms. The van der Waals surface area contributed by atoms with Gasteiger partial charge in [0.25, 0.3) is 0 Å². The smallest absolute Gasteiger partial charge is 0.235 e. The predicted molar refractivity (Wildman–Crippen MR) is 112 cm³/mol. The van der Waals surface area contributed by atoms with Crippen molar-refractivity contribution in [3.63, 3.8) is 0 Å². The predicted octanol–water partition coefficient (Wildman–Crippen LogP) is 2.85. The van der Waals surface area contributed by atoms with Crippen molar-refractivity contribution >= 4 is 22.6 Å². The number of amides is 1. The van der Waals surface area contributed by atoms with Gasteiger partial charge >= 0.3 is 0 Å². The molecule has 3 aromatic rings. The van der Waals surface area contributed by atoms with Crippen molar-refractivity contribution in [3.8, 4) is 11.3 Å². The molecule has 0 radical (unpaired) electrons. The Morgan fingerprint density at radius 1 is 1.27 bits per heavy atom. The summed E-state index contributed by atoms with van der Waals surface area (Å²) in [5.74, 6) is 0.148. The fourth-order valence-electron chi connectivity index (χ4n) is 4.44. The average molecular weight is 409 g/mol. The summed E-state index contributed by atoms with van der Waals surface area (Å²) in [6.07, 6.45) is 1.67. The summed E-state index contributed by atoms with van der Waals surface area (Å²) >= 11 is 0. The van der Waals surface area contributed by atoms with Crippen LogP contribution in [0.25, 0.3) is 22.2 Å². The fraction of sp³-hybridized carbons (Fsp3) is 0.409. The van der Waals surface area contributed by atoms with Gasteiger partial charge in [0.05, 0.1) is 36.2 Å². The molecule has 1 fully saturated rings. The molecule has 156 valence electrons. The topological polar surface area (TPSA) is 81.1 Å². The summed E-state index contributed by atoms with van der Waals surface area (Å²) in [6.45, 7) is 8.35. The van der Waals surface area contributed by atoms with Gasteiger partial charge in [0.15, 0.2) is 0 Å². The lowest BCUT2D eigenvalue weighted by Crippen LogP contribution is -2.54. The van der Waals surface area contributed by atoms with Crippen LogP contribution in [0.1, 0.15) is 26.3 Å². The molecule has 2 aromatic heterocycles. The van der Waals surface area contributed by atoms with Gasteiger partial charge in [-0.2, -0.15) is 5.10 Å². The number of hydrogen-bond acceptors (Lipinski definition) is 5. The molecule has 0 saturated carbocycles. The first-order chi connectivity index (χ1) is 14.3. The van der Waals surface area contributed by atoms with Crippen LogP contribution in [0, 0.1) is 5.82 Å². The van der Waals surface area contributed by atoms with E-state index in [4.69, 9.17) is 9.84 Å². The van der Waals surface area contributed by atoms with Gasteiger partial charge < -0.3 is 15.4 Å². The number of aromatic nitrogens is 3. The third-order valence-corrected chi connectivity index (χ3v) is 6.06. The van der Waals surface area contributed by atoms with E-state index in [1.165, 1.54) is 12.1 Å². The van der Waals surface area contributed by atoms with Crippen LogP contribution in [0.2, 0.25) is 0 Å². The van der Waals surface area contributed by atoms with E-state index in [0.717, 1.165) is 23.1 Å². The van der Waals surface area contributed by atoms with Gasteiger partial charge in [-0.25, -0.2) is 9.37 Å². The zero-order valence-electron chi connectivity index (χ0n) is 17.3. The normalized spacial score (nSPS) is 22.9. The lowest BCUT2D eigenvalue weighted by molar-refractivity contribution is -0.119. The first-order valence-corrected chi connectivity index (χ1v) is 10.1. The lowest BCUT2D eigenvalue weighted by Gasteiger charge is -2.34. The monoisotopic (exact) mass is 409 g/mol. The summed E-state index contributed by atoms with van der Waals surface area (Å²) < 4.78 is 21.6. The van der Waals surface area contributed by atoms with Crippen LogP contribution >= 0.6 is 0 Å². The minimum Gasteiger partial charge on any atom is -0.378 e. The summed E-state index contributed by atoms with van der Waals surface area (Å²) in [5, 5.41) is 12.1. The van der Waals surface area contributed by atoms with E-state index >= 15 is 0 Å². The Balaban J connectivity index is 1.69. The van der Waals surface area contributed by atoms with Gasteiger partial charge in [0, 0.05) is 29.3 Å². The molecule has 1 amide bonds. The standard InChI is InChI=1S/C22H24FN5O2/c1-21(2)17-15(6-7-24-19(17)26-20(21)29)18-14-5-4-13(23)10-16(14)28(27-18)11-22(3)12-30-9-8-25-22/h4-7,10,25H,8-9,11-12H2,1-3H3,(H,24,26,29)/t22-/m0/s1. The molecule has 0 bridgehead atoms. The second-order valence-electron chi connectivity index (χ2n) is 8.87. The van der Waals surface area contributed by atoms with E-state index < -0.39 is 5.41 Å². The molecule has 0 spiro atoms. The third-order valence-electron chi connectivity index (χ3n) is 6.06. The van der Waals surface area contributed by atoms with Crippen molar-refractivity contribution in [2.24, 2.45) is 0 Å². The summed E-state index contributed by atoms with van der Waals surface area (Å²) in [6, 6.07) is 6.58. The molecular formula is C22H24FN5O2. The van der Waals surface area contributed by atoms with Crippen molar-refractivity contribution in [2.75, 3.05) is 25.1 Å². The van der Waals surface area contributed by atoms with Crippen LogP contribution in [0.5, 0.6) is 0 Å². The van der Waals surface area contributed by atoms with Gasteiger partial charge in [-0.05, 0) is 45.0 Å². The maximum atomic E-state index is 14.2. The van der Waals surface area contributed by atoms with Gasteiger partial charge in [0.1, 0.15) is 17.3 Å². The van der Waals surface area contributed by atoms with E-state index in [1.807, 2.05) is 24.6 Å². The summed E-state index contributed by atoms with van der Waals surface area (Å²) in [4.78, 5) is 16.9. The Kier molecular flexibility index (Phi) is 4.20. The fourth-order valence-corrected chi connectivity index (χ4v) is 4.44. The number of morpholine rings is 1. The number of anilines is 1. The maximum Gasteiger partial charge on any atom is 0.235 e. The molecule has 0 unspecified atom stereocenters. The van der Waals surface area contributed by atoms with Crippen molar-refractivity contribution in [3.05, 3.63) is 41.8 Å². The molecule has 4 heterocycles. The zero-order valence-corrected chi connectivity index (χ0v) is 17.3. The van der Waals surface area contributed by atoms with Gasteiger partial charge in [-0.15, -0.1) is 0 Å². The number of carbonyl (C=O) groups is 1. The number of rotatable bonds is 3. The first-order valence-electron chi connectivity index (χ1n) is 10.1. The number of benzene rings is 1. The van der Waals surface area contributed by atoms with E-state index in [0.29, 0.717) is 36.8 Å². The Bertz CT molecular complexity index is 1160. The van der Waals surface area contributed by atoms with Crippen molar-refractivity contribution in [1.82, 2.24) is 20.1 Å². The van der Waals surface area contributed by atoms with Crippen LogP contribution in [0.15, 0.2) is 30.5 Å². The van der Waals surface area contributed by atoms with Crippen molar-refractivity contribution in [2.45, 2.75) is 38.3 Å². The minimum atomic E-state index is -0.736. The number of nitrogens with zero attached hydrogens (tertiary/aromatic N) is 3. The van der Waals surface area contributed by atoms with Crippen LogP contribution in [0.4, 0.5) is 10.2 Å². The highest BCUT2D eigenvalue weighted by atomic mass is 19.1. The number of pyridine rings is 1. The highest BCUT2D eigenvalue weighted by Gasteiger charge is 2.42. The second-order valence-corrected chi connectivity index (χ2v) is 8.87. The largest absolute Gasteiger partial charge is 0.378 e. The Labute approximate surface area is 173 Å². The SMILES string of the molecule is CC1(C)C(=O)Nc2nccc(-c3nn(C[C@@]4(C)COCCN4)c4cc(F)ccc34)c21. The van der Waals surface area contributed by atoms with E-state index in [9.17, 15) is 9.18 Å². The molecule has 2 N–H and O–H groups in total. The molecule has 2 aliphatic rings. The number of ether oxygens (including phenoxy) is 1. The maximum absolute atomic E-state index is 14.2. The van der Waals surface area contributed by atoms with E-state index in [-0.39, 0.29) is 17.3 Å². The van der Waals surface area contributed by atoms with Gasteiger partial charge in [-0.3, -0.25) is 9.48 Å².